The molecule has 2 heteroatoms. The summed E-state index contributed by atoms with van der Waals surface area (Å²) in [7, 11) is 0. The molecular weight excluding hydrogens is 237 g/mol. The lowest BCUT2D eigenvalue weighted by Crippen LogP contribution is -2.35. The quantitative estimate of drug-likeness (QED) is 0.840. The van der Waals surface area contributed by atoms with E-state index in [1.807, 2.05) is 6.07 Å². The van der Waals surface area contributed by atoms with Crippen molar-refractivity contribution in [2.45, 2.75) is 52.0 Å². The molecule has 0 aromatic heterocycles. The Balaban J connectivity index is 1.76. The summed E-state index contributed by atoms with van der Waals surface area (Å²) < 4.78 is 13.1. The van der Waals surface area contributed by atoms with Gasteiger partial charge in [0.05, 0.1) is 0 Å². The van der Waals surface area contributed by atoms with E-state index in [9.17, 15) is 4.39 Å². The van der Waals surface area contributed by atoms with Gasteiger partial charge < -0.3 is 5.32 Å². The maximum Gasteiger partial charge on any atom is 0.123 e. The molecule has 0 spiro atoms. The van der Waals surface area contributed by atoms with E-state index in [1.165, 1.54) is 31.7 Å². The van der Waals surface area contributed by atoms with E-state index in [2.05, 4.69) is 19.2 Å². The van der Waals surface area contributed by atoms with Gasteiger partial charge in [0.1, 0.15) is 5.82 Å². The van der Waals surface area contributed by atoms with Gasteiger partial charge in [0.15, 0.2) is 0 Å². The van der Waals surface area contributed by atoms with Crippen LogP contribution < -0.4 is 5.32 Å². The third-order valence-corrected chi connectivity index (χ3v) is 4.45. The van der Waals surface area contributed by atoms with Gasteiger partial charge >= 0.3 is 0 Å². The second kappa shape index (κ2) is 7.04. The molecule has 1 nitrogen and oxygen atoms in total. The van der Waals surface area contributed by atoms with E-state index in [4.69, 9.17) is 0 Å². The maximum absolute atomic E-state index is 13.1. The van der Waals surface area contributed by atoms with E-state index in [0.29, 0.717) is 6.04 Å². The first kappa shape index (κ1) is 14.5. The van der Waals surface area contributed by atoms with Gasteiger partial charge in [-0.1, -0.05) is 38.3 Å². The molecule has 1 aromatic carbocycles. The summed E-state index contributed by atoms with van der Waals surface area (Å²) in [5.41, 5.74) is 1.08. The van der Waals surface area contributed by atoms with Gasteiger partial charge in [-0.25, -0.2) is 4.39 Å². The van der Waals surface area contributed by atoms with Crippen molar-refractivity contribution in [2.75, 3.05) is 6.54 Å². The topological polar surface area (TPSA) is 12.0 Å². The molecule has 0 saturated heterocycles. The van der Waals surface area contributed by atoms with Crippen LogP contribution >= 0.6 is 0 Å². The molecule has 1 N–H and O–H groups in total. The largest absolute Gasteiger partial charge is 0.314 e. The van der Waals surface area contributed by atoms with Crippen LogP contribution in [0, 0.1) is 17.7 Å². The molecule has 0 heterocycles. The molecular formula is C17H26FN. The summed E-state index contributed by atoms with van der Waals surface area (Å²) in [5, 5.41) is 3.63. The number of hydrogen-bond acceptors (Lipinski definition) is 1. The second-order valence-electron chi connectivity index (χ2n) is 6.17. The lowest BCUT2D eigenvalue weighted by atomic mass is 9.80. The van der Waals surface area contributed by atoms with Gasteiger partial charge in [-0.05, 0) is 55.8 Å². The fraction of sp³-hybridized carbons (Fsp3) is 0.647. The zero-order valence-electron chi connectivity index (χ0n) is 12.2. The number of nitrogens with one attached hydrogen (secondary N) is 1. The Morgan fingerprint density at radius 2 is 2.11 bits per heavy atom. The molecule has 0 radical (unpaired) electrons. The highest BCUT2D eigenvalue weighted by atomic mass is 19.1. The summed E-state index contributed by atoms with van der Waals surface area (Å²) in [6, 6.07) is 7.36. The third-order valence-electron chi connectivity index (χ3n) is 4.45. The normalized spacial score (nSPS) is 25.2. The van der Waals surface area contributed by atoms with Crippen molar-refractivity contribution in [3.8, 4) is 0 Å². The Bertz CT molecular complexity index is 391. The van der Waals surface area contributed by atoms with Crippen molar-refractivity contribution in [3.63, 3.8) is 0 Å². The summed E-state index contributed by atoms with van der Waals surface area (Å²) in [6.07, 6.45) is 6.43. The highest BCUT2D eigenvalue weighted by Gasteiger charge is 2.21. The Morgan fingerprint density at radius 1 is 1.32 bits per heavy atom. The van der Waals surface area contributed by atoms with E-state index in [1.54, 1.807) is 12.1 Å². The molecule has 106 valence electrons. The van der Waals surface area contributed by atoms with Crippen LogP contribution in [0.15, 0.2) is 24.3 Å². The summed E-state index contributed by atoms with van der Waals surface area (Å²) in [4.78, 5) is 0. The van der Waals surface area contributed by atoms with Crippen LogP contribution in [0.4, 0.5) is 4.39 Å². The van der Waals surface area contributed by atoms with Crippen molar-refractivity contribution in [1.29, 1.82) is 0 Å². The minimum Gasteiger partial charge on any atom is -0.314 e. The molecule has 0 amide bonds. The van der Waals surface area contributed by atoms with Crippen LogP contribution in [0.2, 0.25) is 0 Å². The minimum atomic E-state index is -0.134. The first-order valence-electron chi connectivity index (χ1n) is 7.63. The number of rotatable bonds is 5. The molecule has 2 rings (SSSR count). The van der Waals surface area contributed by atoms with Crippen molar-refractivity contribution >= 4 is 0 Å². The number of hydrogen-bond donors (Lipinski definition) is 1. The number of benzene rings is 1. The Labute approximate surface area is 116 Å². The van der Waals surface area contributed by atoms with E-state index >= 15 is 0 Å². The van der Waals surface area contributed by atoms with Crippen molar-refractivity contribution in [1.82, 2.24) is 5.32 Å². The van der Waals surface area contributed by atoms with Gasteiger partial charge in [0.25, 0.3) is 0 Å². The van der Waals surface area contributed by atoms with Gasteiger partial charge in [-0.15, -0.1) is 0 Å². The van der Waals surface area contributed by atoms with Crippen molar-refractivity contribution in [3.05, 3.63) is 35.6 Å². The average Bonchev–Trinajstić information content (AvgIpc) is 2.38. The van der Waals surface area contributed by atoms with Crippen LogP contribution in [-0.4, -0.2) is 12.6 Å². The number of halogens is 1. The van der Waals surface area contributed by atoms with Crippen molar-refractivity contribution < 1.29 is 4.39 Å². The molecule has 1 aliphatic rings. The van der Waals surface area contributed by atoms with Gasteiger partial charge in [0.2, 0.25) is 0 Å². The van der Waals surface area contributed by atoms with E-state index in [0.717, 1.165) is 30.4 Å². The highest BCUT2D eigenvalue weighted by Crippen LogP contribution is 2.28. The molecule has 1 aromatic rings. The second-order valence-corrected chi connectivity index (χ2v) is 6.17. The van der Waals surface area contributed by atoms with Crippen LogP contribution in [0.3, 0.4) is 0 Å². The van der Waals surface area contributed by atoms with Crippen LogP contribution in [0.5, 0.6) is 0 Å². The van der Waals surface area contributed by atoms with Crippen molar-refractivity contribution in [2.24, 2.45) is 11.8 Å². The maximum atomic E-state index is 13.1. The predicted molar refractivity (Wildman–Crippen MR) is 78.7 cm³/mol. The third kappa shape index (κ3) is 4.61. The Morgan fingerprint density at radius 3 is 2.84 bits per heavy atom. The first-order chi connectivity index (χ1) is 9.15. The van der Waals surface area contributed by atoms with E-state index in [-0.39, 0.29) is 5.82 Å². The monoisotopic (exact) mass is 263 g/mol. The predicted octanol–water partition coefficient (Wildman–Crippen LogP) is 4.17. The Hall–Kier alpha value is -0.890. The lowest BCUT2D eigenvalue weighted by Gasteiger charge is -2.30. The molecule has 19 heavy (non-hydrogen) atoms. The SMILES string of the molecule is CC(Cc1cccc(F)c1)NCC1CCCCC1C. The summed E-state index contributed by atoms with van der Waals surface area (Å²) >= 11 is 0. The van der Waals surface area contributed by atoms with E-state index < -0.39 is 0 Å². The minimum absolute atomic E-state index is 0.134. The van der Waals surface area contributed by atoms with Crippen LogP contribution in [0.25, 0.3) is 0 Å². The molecule has 1 fully saturated rings. The smallest absolute Gasteiger partial charge is 0.123 e. The lowest BCUT2D eigenvalue weighted by molar-refractivity contribution is 0.242. The summed E-state index contributed by atoms with van der Waals surface area (Å²) in [5.74, 6) is 1.54. The van der Waals surface area contributed by atoms with Gasteiger partial charge in [-0.3, -0.25) is 0 Å². The molecule has 3 unspecified atom stereocenters. The van der Waals surface area contributed by atoms with Crippen LogP contribution in [0.1, 0.15) is 45.1 Å². The highest BCUT2D eigenvalue weighted by molar-refractivity contribution is 5.17. The molecule has 1 saturated carbocycles. The first-order valence-corrected chi connectivity index (χ1v) is 7.63. The van der Waals surface area contributed by atoms with Gasteiger partial charge in [0, 0.05) is 6.04 Å². The summed E-state index contributed by atoms with van der Waals surface area (Å²) in [6.45, 7) is 5.68. The average molecular weight is 263 g/mol. The Kier molecular flexibility index (Phi) is 5.38. The molecule has 0 aliphatic heterocycles. The molecule has 1 aliphatic carbocycles. The fourth-order valence-electron chi connectivity index (χ4n) is 3.14. The van der Waals surface area contributed by atoms with Crippen LogP contribution in [-0.2, 0) is 6.42 Å². The fourth-order valence-corrected chi connectivity index (χ4v) is 3.14. The molecule has 3 atom stereocenters. The zero-order valence-corrected chi connectivity index (χ0v) is 12.2. The van der Waals surface area contributed by atoms with Gasteiger partial charge in [-0.2, -0.15) is 0 Å². The standard InChI is InChI=1S/C17H26FN/c1-13-6-3-4-8-16(13)12-19-14(2)10-15-7-5-9-17(18)11-15/h5,7,9,11,13-14,16,19H,3-4,6,8,10,12H2,1-2H3. The zero-order chi connectivity index (χ0) is 13.7. The molecule has 0 bridgehead atoms.